The van der Waals surface area contributed by atoms with Crippen molar-refractivity contribution in [3.63, 3.8) is 0 Å². The minimum Gasteiger partial charge on any atom is -0.350 e. The third-order valence-corrected chi connectivity index (χ3v) is 6.14. The topological polar surface area (TPSA) is 87.3 Å². The number of rotatable bonds is 7. The molecule has 6 nitrogen and oxygen atoms in total. The highest BCUT2D eigenvalue weighted by molar-refractivity contribution is 7.89. The Morgan fingerprint density at radius 1 is 1.19 bits per heavy atom. The van der Waals surface area contributed by atoms with Crippen LogP contribution in [0.4, 0.5) is 0 Å². The van der Waals surface area contributed by atoms with Crippen molar-refractivity contribution in [1.82, 2.24) is 15.4 Å². The molecule has 1 unspecified atom stereocenters. The molecule has 0 spiro atoms. The number of nitrogens with one attached hydrogen (secondary N) is 3. The molecule has 27 heavy (non-hydrogen) atoms. The molecule has 0 aliphatic carbocycles. The SMILES string of the molecule is Cc1ccc(S(=O)(=O)NCc2ccccc2)cc1C(=O)NCC1CCCN1. The summed E-state index contributed by atoms with van der Waals surface area (Å²) in [6.45, 7) is 3.52. The Morgan fingerprint density at radius 2 is 1.96 bits per heavy atom. The summed E-state index contributed by atoms with van der Waals surface area (Å²) >= 11 is 0. The van der Waals surface area contributed by atoms with Gasteiger partial charge in [-0.1, -0.05) is 36.4 Å². The minimum absolute atomic E-state index is 0.0909. The van der Waals surface area contributed by atoms with Crippen LogP contribution < -0.4 is 15.4 Å². The molecule has 1 heterocycles. The van der Waals surface area contributed by atoms with Crippen LogP contribution in [-0.4, -0.2) is 33.5 Å². The molecule has 0 aromatic heterocycles. The van der Waals surface area contributed by atoms with Gasteiger partial charge in [0.05, 0.1) is 4.90 Å². The van der Waals surface area contributed by atoms with Crippen molar-refractivity contribution in [3.8, 4) is 0 Å². The predicted molar refractivity (Wildman–Crippen MR) is 105 cm³/mol. The molecular weight excluding hydrogens is 362 g/mol. The summed E-state index contributed by atoms with van der Waals surface area (Å²) in [5.41, 5.74) is 2.00. The molecule has 1 aliphatic heterocycles. The Bertz CT molecular complexity index is 892. The average molecular weight is 388 g/mol. The van der Waals surface area contributed by atoms with Crippen LogP contribution in [0, 0.1) is 6.92 Å². The van der Waals surface area contributed by atoms with E-state index in [0.29, 0.717) is 12.1 Å². The van der Waals surface area contributed by atoms with Gasteiger partial charge < -0.3 is 10.6 Å². The van der Waals surface area contributed by atoms with E-state index in [1.165, 1.54) is 12.1 Å². The molecule has 1 aliphatic rings. The zero-order valence-corrected chi connectivity index (χ0v) is 16.2. The molecule has 1 atom stereocenters. The summed E-state index contributed by atoms with van der Waals surface area (Å²) in [4.78, 5) is 12.6. The summed E-state index contributed by atoms with van der Waals surface area (Å²) in [6.07, 6.45) is 2.15. The van der Waals surface area contributed by atoms with E-state index in [4.69, 9.17) is 0 Å². The van der Waals surface area contributed by atoms with Crippen LogP contribution in [-0.2, 0) is 16.6 Å². The lowest BCUT2D eigenvalue weighted by Crippen LogP contribution is -2.37. The van der Waals surface area contributed by atoms with E-state index < -0.39 is 10.0 Å². The van der Waals surface area contributed by atoms with Gasteiger partial charge in [0, 0.05) is 24.7 Å². The number of amides is 1. The summed E-state index contributed by atoms with van der Waals surface area (Å²) in [5.74, 6) is -0.249. The predicted octanol–water partition coefficient (Wildman–Crippen LogP) is 1.96. The molecule has 2 aromatic rings. The molecule has 0 saturated carbocycles. The van der Waals surface area contributed by atoms with E-state index in [2.05, 4.69) is 15.4 Å². The van der Waals surface area contributed by atoms with Crippen LogP contribution in [0.15, 0.2) is 53.4 Å². The second-order valence-electron chi connectivity index (χ2n) is 6.79. The lowest BCUT2D eigenvalue weighted by atomic mass is 10.1. The monoisotopic (exact) mass is 387 g/mol. The minimum atomic E-state index is -3.70. The van der Waals surface area contributed by atoms with Crippen LogP contribution in [0.2, 0.25) is 0 Å². The van der Waals surface area contributed by atoms with E-state index in [0.717, 1.165) is 30.5 Å². The van der Waals surface area contributed by atoms with Crippen molar-refractivity contribution in [1.29, 1.82) is 0 Å². The van der Waals surface area contributed by atoms with Crippen LogP contribution in [0.1, 0.15) is 34.3 Å². The Kier molecular flexibility index (Phi) is 6.26. The van der Waals surface area contributed by atoms with Crippen LogP contribution in [0.5, 0.6) is 0 Å². The molecule has 1 saturated heterocycles. The summed E-state index contributed by atoms with van der Waals surface area (Å²) in [7, 11) is -3.70. The highest BCUT2D eigenvalue weighted by Gasteiger charge is 2.19. The van der Waals surface area contributed by atoms with Gasteiger partial charge >= 0.3 is 0 Å². The summed E-state index contributed by atoms with van der Waals surface area (Å²) < 4.78 is 27.8. The fourth-order valence-electron chi connectivity index (χ4n) is 3.11. The first-order chi connectivity index (χ1) is 13.0. The first-order valence-corrected chi connectivity index (χ1v) is 10.6. The third kappa shape index (κ3) is 5.15. The van der Waals surface area contributed by atoms with Crippen LogP contribution in [0.3, 0.4) is 0 Å². The fourth-order valence-corrected chi connectivity index (χ4v) is 4.16. The number of sulfonamides is 1. The molecule has 0 bridgehead atoms. The number of carbonyl (C=O) groups is 1. The van der Waals surface area contributed by atoms with Gasteiger partial charge in [-0.15, -0.1) is 0 Å². The van der Waals surface area contributed by atoms with Crippen molar-refractivity contribution in [2.45, 2.75) is 37.2 Å². The van der Waals surface area contributed by atoms with Crippen molar-refractivity contribution < 1.29 is 13.2 Å². The van der Waals surface area contributed by atoms with Crippen molar-refractivity contribution in [3.05, 3.63) is 65.2 Å². The average Bonchev–Trinajstić information content (AvgIpc) is 3.19. The Balaban J connectivity index is 1.70. The van der Waals surface area contributed by atoms with Gasteiger partial charge in [-0.3, -0.25) is 4.79 Å². The van der Waals surface area contributed by atoms with E-state index >= 15 is 0 Å². The molecular formula is C20H25N3O3S. The quantitative estimate of drug-likeness (QED) is 0.678. The highest BCUT2D eigenvalue weighted by atomic mass is 32.2. The Labute approximate surface area is 160 Å². The molecule has 3 N–H and O–H groups in total. The normalized spacial score (nSPS) is 17.0. The van der Waals surface area contributed by atoms with E-state index in [-0.39, 0.29) is 23.4 Å². The molecule has 1 amide bonds. The molecule has 2 aromatic carbocycles. The van der Waals surface area contributed by atoms with Crippen molar-refractivity contribution in [2.75, 3.05) is 13.1 Å². The first-order valence-electron chi connectivity index (χ1n) is 9.11. The summed E-state index contributed by atoms with van der Waals surface area (Å²) in [6, 6.07) is 14.2. The maximum absolute atomic E-state index is 12.6. The zero-order valence-electron chi connectivity index (χ0n) is 15.4. The summed E-state index contributed by atoms with van der Waals surface area (Å²) in [5, 5.41) is 6.23. The van der Waals surface area contributed by atoms with Crippen LogP contribution >= 0.6 is 0 Å². The Morgan fingerprint density at radius 3 is 2.67 bits per heavy atom. The molecule has 0 radical (unpaired) electrons. The van der Waals surface area contributed by atoms with Crippen molar-refractivity contribution >= 4 is 15.9 Å². The number of aryl methyl sites for hydroxylation is 1. The lowest BCUT2D eigenvalue weighted by Gasteiger charge is -2.14. The van der Waals surface area contributed by atoms with Gasteiger partial charge in [-0.25, -0.2) is 13.1 Å². The lowest BCUT2D eigenvalue weighted by molar-refractivity contribution is 0.0949. The number of carbonyl (C=O) groups excluding carboxylic acids is 1. The Hall–Kier alpha value is -2.22. The standard InChI is InChI=1S/C20H25N3O3S/c1-15-9-10-18(27(25,26)23-13-16-6-3-2-4-7-16)12-19(15)20(24)22-14-17-8-5-11-21-17/h2-4,6-7,9-10,12,17,21,23H,5,8,11,13-14H2,1H3,(H,22,24). The van der Waals surface area contributed by atoms with Gasteiger partial charge in [0.25, 0.3) is 5.91 Å². The van der Waals surface area contributed by atoms with Crippen LogP contribution in [0.25, 0.3) is 0 Å². The second kappa shape index (κ2) is 8.65. The smallest absolute Gasteiger partial charge is 0.251 e. The number of hydrogen-bond donors (Lipinski definition) is 3. The van der Waals surface area contributed by atoms with E-state index in [1.54, 1.807) is 13.0 Å². The van der Waals surface area contributed by atoms with Gasteiger partial charge in [0.1, 0.15) is 0 Å². The van der Waals surface area contributed by atoms with E-state index in [9.17, 15) is 13.2 Å². The van der Waals surface area contributed by atoms with Gasteiger partial charge in [-0.05, 0) is 49.6 Å². The molecule has 144 valence electrons. The number of hydrogen-bond acceptors (Lipinski definition) is 4. The second-order valence-corrected chi connectivity index (χ2v) is 8.56. The van der Waals surface area contributed by atoms with E-state index in [1.807, 2.05) is 30.3 Å². The maximum atomic E-state index is 12.6. The first kappa shape index (κ1) is 19.5. The maximum Gasteiger partial charge on any atom is 0.251 e. The molecule has 3 rings (SSSR count). The highest BCUT2D eigenvalue weighted by Crippen LogP contribution is 2.16. The third-order valence-electron chi connectivity index (χ3n) is 4.74. The van der Waals surface area contributed by atoms with Gasteiger partial charge in [0.2, 0.25) is 10.0 Å². The number of benzene rings is 2. The molecule has 7 heteroatoms. The van der Waals surface area contributed by atoms with Crippen molar-refractivity contribution in [2.24, 2.45) is 0 Å². The largest absolute Gasteiger partial charge is 0.350 e. The molecule has 1 fully saturated rings. The zero-order chi connectivity index (χ0) is 19.3. The van der Waals surface area contributed by atoms with Gasteiger partial charge in [-0.2, -0.15) is 0 Å². The van der Waals surface area contributed by atoms with Gasteiger partial charge in [0.15, 0.2) is 0 Å². The fraction of sp³-hybridized carbons (Fsp3) is 0.350.